The van der Waals surface area contributed by atoms with E-state index >= 15 is 0 Å². The molecule has 1 aliphatic heterocycles. The van der Waals surface area contributed by atoms with Crippen molar-refractivity contribution in [2.24, 2.45) is 11.8 Å². The first-order valence-corrected chi connectivity index (χ1v) is 9.29. The zero-order chi connectivity index (χ0) is 18.4. The summed E-state index contributed by atoms with van der Waals surface area (Å²) < 4.78 is 0. The summed E-state index contributed by atoms with van der Waals surface area (Å²) in [4.78, 5) is 21.0. The van der Waals surface area contributed by atoms with Gasteiger partial charge in [0.25, 0.3) is 0 Å². The number of nitrogens with one attached hydrogen (secondary N) is 2. The molecule has 2 N–H and O–H groups in total. The third kappa shape index (κ3) is 5.88. The van der Waals surface area contributed by atoms with Gasteiger partial charge in [-0.3, -0.25) is 4.90 Å². The monoisotopic (exact) mass is 347 g/mol. The summed E-state index contributed by atoms with van der Waals surface area (Å²) in [6.45, 7) is 9.70. The maximum atomic E-state index is 12.2. The Labute approximate surface area is 152 Å². The van der Waals surface area contributed by atoms with Crippen molar-refractivity contribution >= 4 is 17.5 Å². The molecular formula is C19H33N5O. The van der Waals surface area contributed by atoms with Gasteiger partial charge in [0, 0.05) is 26.7 Å². The Bertz CT molecular complexity index is 535. The molecule has 1 aromatic rings. The van der Waals surface area contributed by atoms with Crippen molar-refractivity contribution in [1.82, 2.24) is 15.2 Å². The first-order chi connectivity index (χ1) is 11.9. The van der Waals surface area contributed by atoms with Crippen LogP contribution in [0.1, 0.15) is 33.6 Å². The second-order valence-corrected chi connectivity index (χ2v) is 7.66. The number of pyridine rings is 1. The van der Waals surface area contributed by atoms with Gasteiger partial charge >= 0.3 is 6.03 Å². The van der Waals surface area contributed by atoms with E-state index in [-0.39, 0.29) is 6.03 Å². The molecule has 0 spiro atoms. The Morgan fingerprint density at radius 3 is 2.52 bits per heavy atom. The van der Waals surface area contributed by atoms with Gasteiger partial charge in [-0.15, -0.1) is 0 Å². The normalized spacial score (nSPS) is 17.4. The van der Waals surface area contributed by atoms with Crippen LogP contribution in [0.5, 0.6) is 0 Å². The van der Waals surface area contributed by atoms with E-state index in [9.17, 15) is 4.79 Å². The average Bonchev–Trinajstić information content (AvgIpc) is 2.57. The van der Waals surface area contributed by atoms with Gasteiger partial charge in [-0.05, 0) is 49.9 Å². The number of hydrogen-bond donors (Lipinski definition) is 2. The summed E-state index contributed by atoms with van der Waals surface area (Å²) in [5.74, 6) is 2.19. The predicted molar refractivity (Wildman–Crippen MR) is 104 cm³/mol. The molecule has 0 saturated carbocycles. The lowest BCUT2D eigenvalue weighted by molar-refractivity contribution is 0.108. The van der Waals surface area contributed by atoms with Gasteiger partial charge in [-0.2, -0.15) is 0 Å². The number of rotatable bonds is 6. The Balaban J connectivity index is 1.84. The van der Waals surface area contributed by atoms with Gasteiger partial charge in [0.05, 0.1) is 11.9 Å². The number of urea groups is 1. The van der Waals surface area contributed by atoms with Crippen LogP contribution in [-0.2, 0) is 0 Å². The Morgan fingerprint density at radius 1 is 1.32 bits per heavy atom. The number of nitrogens with zero attached hydrogens (tertiary/aromatic N) is 3. The quantitative estimate of drug-likeness (QED) is 0.830. The molecule has 0 bridgehead atoms. The fourth-order valence-corrected chi connectivity index (χ4v) is 3.24. The predicted octanol–water partition coefficient (Wildman–Crippen LogP) is 3.03. The molecule has 2 amide bonds. The highest BCUT2D eigenvalue weighted by atomic mass is 16.2. The van der Waals surface area contributed by atoms with E-state index in [1.54, 1.807) is 6.20 Å². The minimum atomic E-state index is -0.171. The summed E-state index contributed by atoms with van der Waals surface area (Å²) in [6.07, 6.45) is 4.18. The van der Waals surface area contributed by atoms with Crippen molar-refractivity contribution in [2.45, 2.75) is 39.7 Å². The van der Waals surface area contributed by atoms with Crippen LogP contribution in [0.3, 0.4) is 0 Å². The molecule has 2 rings (SSSR count). The number of anilines is 2. The Kier molecular flexibility index (Phi) is 7.05. The lowest BCUT2D eigenvalue weighted by atomic mass is 9.94. The van der Waals surface area contributed by atoms with E-state index in [0.717, 1.165) is 24.8 Å². The van der Waals surface area contributed by atoms with Crippen molar-refractivity contribution in [1.29, 1.82) is 0 Å². The van der Waals surface area contributed by atoms with E-state index in [2.05, 4.69) is 41.3 Å². The highest BCUT2D eigenvalue weighted by molar-refractivity contribution is 5.89. The summed E-state index contributed by atoms with van der Waals surface area (Å²) in [5, 5.41) is 5.89. The molecule has 1 aromatic heterocycles. The fourth-order valence-electron chi connectivity index (χ4n) is 3.24. The summed E-state index contributed by atoms with van der Waals surface area (Å²) in [6, 6.07) is 3.97. The second kappa shape index (κ2) is 9.04. The maximum Gasteiger partial charge on any atom is 0.319 e. The molecule has 1 saturated heterocycles. The van der Waals surface area contributed by atoms with Crippen LogP contribution in [0.25, 0.3) is 0 Å². The number of aromatic nitrogens is 1. The van der Waals surface area contributed by atoms with Crippen LogP contribution >= 0.6 is 0 Å². The van der Waals surface area contributed by atoms with E-state index in [1.165, 1.54) is 12.8 Å². The molecule has 0 unspecified atom stereocenters. The van der Waals surface area contributed by atoms with E-state index in [4.69, 9.17) is 0 Å². The van der Waals surface area contributed by atoms with Crippen molar-refractivity contribution in [3.05, 3.63) is 18.3 Å². The van der Waals surface area contributed by atoms with Crippen molar-refractivity contribution in [2.75, 3.05) is 43.9 Å². The smallest absolute Gasteiger partial charge is 0.319 e. The molecule has 0 radical (unpaired) electrons. The van der Waals surface area contributed by atoms with Gasteiger partial charge in [-0.25, -0.2) is 9.78 Å². The lowest BCUT2D eigenvalue weighted by Gasteiger charge is -2.38. The van der Waals surface area contributed by atoms with E-state index < -0.39 is 0 Å². The highest BCUT2D eigenvalue weighted by Gasteiger charge is 2.25. The summed E-state index contributed by atoms with van der Waals surface area (Å²) in [5.41, 5.74) is 0.705. The molecule has 1 fully saturated rings. The maximum absolute atomic E-state index is 12.2. The number of carbonyl (C=O) groups is 1. The van der Waals surface area contributed by atoms with Crippen LogP contribution < -0.4 is 15.5 Å². The average molecular weight is 348 g/mol. The van der Waals surface area contributed by atoms with Gasteiger partial charge in [-0.1, -0.05) is 20.8 Å². The van der Waals surface area contributed by atoms with Crippen LogP contribution in [0.4, 0.5) is 16.3 Å². The standard InChI is InChI=1S/C19H33N5O/c1-14(2)17(24-10-8-15(3)9-11-24)13-21-19(25)22-16-6-7-18(20-12-16)23(4)5/h6-7,12,14-15,17H,8-11,13H2,1-5H3,(H2,21,22,25)/t17-/m1/s1. The molecule has 0 aliphatic carbocycles. The highest BCUT2D eigenvalue weighted by Crippen LogP contribution is 2.21. The number of carbonyl (C=O) groups excluding carboxylic acids is 1. The van der Waals surface area contributed by atoms with Crippen LogP contribution in [0.2, 0.25) is 0 Å². The lowest BCUT2D eigenvalue weighted by Crippen LogP contribution is -2.50. The van der Waals surface area contributed by atoms with Crippen LogP contribution in [-0.4, -0.2) is 55.7 Å². The zero-order valence-corrected chi connectivity index (χ0v) is 16.2. The number of amides is 2. The van der Waals surface area contributed by atoms with Gasteiger partial charge in [0.1, 0.15) is 5.82 Å². The number of likely N-dealkylation sites (tertiary alicyclic amines) is 1. The first-order valence-electron chi connectivity index (χ1n) is 9.29. The van der Waals surface area contributed by atoms with E-state index in [0.29, 0.717) is 24.2 Å². The van der Waals surface area contributed by atoms with Gasteiger partial charge < -0.3 is 15.5 Å². The van der Waals surface area contributed by atoms with Crippen LogP contribution in [0.15, 0.2) is 18.3 Å². The zero-order valence-electron chi connectivity index (χ0n) is 16.2. The minimum absolute atomic E-state index is 0.171. The fraction of sp³-hybridized carbons (Fsp3) is 0.684. The molecule has 1 aliphatic rings. The van der Waals surface area contributed by atoms with Crippen LogP contribution in [0, 0.1) is 11.8 Å². The molecule has 1 atom stereocenters. The van der Waals surface area contributed by atoms with Gasteiger partial charge in [0.15, 0.2) is 0 Å². The Hall–Kier alpha value is -1.82. The molecule has 140 valence electrons. The molecule has 6 heteroatoms. The molecule has 6 nitrogen and oxygen atoms in total. The largest absolute Gasteiger partial charge is 0.363 e. The van der Waals surface area contributed by atoms with Crippen molar-refractivity contribution in [3.63, 3.8) is 0 Å². The van der Waals surface area contributed by atoms with Gasteiger partial charge in [0.2, 0.25) is 0 Å². The molecule has 0 aromatic carbocycles. The first kappa shape index (κ1) is 19.5. The summed E-state index contributed by atoms with van der Waals surface area (Å²) in [7, 11) is 3.88. The number of hydrogen-bond acceptors (Lipinski definition) is 4. The second-order valence-electron chi connectivity index (χ2n) is 7.66. The third-order valence-electron chi connectivity index (χ3n) is 4.99. The SMILES string of the molecule is CC1CCN([C@H](CNC(=O)Nc2ccc(N(C)C)nc2)C(C)C)CC1. The van der Waals surface area contributed by atoms with E-state index in [1.807, 2.05) is 31.1 Å². The third-order valence-corrected chi connectivity index (χ3v) is 4.99. The Morgan fingerprint density at radius 2 is 2.00 bits per heavy atom. The topological polar surface area (TPSA) is 60.5 Å². The number of piperidine rings is 1. The summed E-state index contributed by atoms with van der Waals surface area (Å²) >= 11 is 0. The van der Waals surface area contributed by atoms with Crippen molar-refractivity contribution < 1.29 is 4.79 Å². The minimum Gasteiger partial charge on any atom is -0.363 e. The van der Waals surface area contributed by atoms with Crippen molar-refractivity contribution in [3.8, 4) is 0 Å². The molecule has 2 heterocycles. The molecular weight excluding hydrogens is 314 g/mol. The molecule has 25 heavy (non-hydrogen) atoms.